The third kappa shape index (κ3) is 4.59. The van der Waals surface area contributed by atoms with Gasteiger partial charge in [-0.25, -0.2) is 4.98 Å². The van der Waals surface area contributed by atoms with Crippen molar-refractivity contribution in [1.82, 2.24) is 9.97 Å². The molecule has 1 aromatic heterocycles. The molecule has 1 N–H and O–H groups in total. The van der Waals surface area contributed by atoms with E-state index in [-0.39, 0.29) is 0 Å². The molecular weight excluding hydrogens is 214 g/mol. The van der Waals surface area contributed by atoms with Gasteiger partial charge in [-0.15, -0.1) is 0 Å². The average molecular weight is 237 g/mol. The molecule has 0 saturated carbocycles. The lowest BCUT2D eigenvalue weighted by atomic mass is 10.0. The van der Waals surface area contributed by atoms with Crippen molar-refractivity contribution in [1.29, 1.82) is 0 Å². The van der Waals surface area contributed by atoms with Crippen molar-refractivity contribution in [2.24, 2.45) is 5.92 Å². The summed E-state index contributed by atoms with van der Waals surface area (Å²) in [5, 5.41) is 3.28. The summed E-state index contributed by atoms with van der Waals surface area (Å²) < 4.78 is 5.40. The minimum Gasteiger partial charge on any atom is -0.478 e. The Kier molecular flexibility index (Phi) is 5.73. The van der Waals surface area contributed by atoms with E-state index in [1.807, 2.05) is 19.9 Å². The van der Waals surface area contributed by atoms with Gasteiger partial charge >= 0.3 is 0 Å². The van der Waals surface area contributed by atoms with Gasteiger partial charge in [0, 0.05) is 18.3 Å². The number of aromatic nitrogens is 2. The average Bonchev–Trinajstić information content (AvgIpc) is 2.30. The molecule has 1 rings (SSSR count). The Morgan fingerprint density at radius 3 is 2.53 bits per heavy atom. The lowest BCUT2D eigenvalue weighted by Gasteiger charge is -2.14. The molecule has 0 aliphatic rings. The number of ether oxygens (including phenoxy) is 1. The summed E-state index contributed by atoms with van der Waals surface area (Å²) in [4.78, 5) is 8.67. The molecular formula is C13H23N3O. The van der Waals surface area contributed by atoms with E-state index in [0.29, 0.717) is 24.4 Å². The Hall–Kier alpha value is -1.32. The Labute approximate surface area is 104 Å². The molecule has 0 unspecified atom stereocenters. The highest BCUT2D eigenvalue weighted by Gasteiger charge is 2.06. The molecule has 1 heterocycles. The summed E-state index contributed by atoms with van der Waals surface area (Å²) in [6.07, 6.45) is 2.35. The van der Waals surface area contributed by atoms with Crippen LogP contribution in [0.4, 0.5) is 5.95 Å². The summed E-state index contributed by atoms with van der Waals surface area (Å²) in [5.74, 6) is 1.99. The number of hydrogen-bond donors (Lipinski definition) is 1. The number of rotatable bonds is 7. The Bertz CT molecular complexity index is 337. The van der Waals surface area contributed by atoms with Crippen LogP contribution in [0.25, 0.3) is 0 Å². The SMILES string of the molecule is CCOc1cc(C)nc(NCC(CC)CC)n1. The molecule has 0 spiro atoms. The zero-order valence-electron chi connectivity index (χ0n) is 11.3. The fourth-order valence-corrected chi connectivity index (χ4v) is 1.65. The topological polar surface area (TPSA) is 47.0 Å². The van der Waals surface area contributed by atoms with Crippen LogP contribution in [0.3, 0.4) is 0 Å². The molecule has 0 aliphatic heterocycles. The van der Waals surface area contributed by atoms with E-state index in [4.69, 9.17) is 4.74 Å². The van der Waals surface area contributed by atoms with Crippen LogP contribution in [-0.4, -0.2) is 23.1 Å². The molecule has 4 heteroatoms. The molecule has 0 atom stereocenters. The first-order valence-corrected chi connectivity index (χ1v) is 6.41. The van der Waals surface area contributed by atoms with Crippen molar-refractivity contribution in [2.45, 2.75) is 40.5 Å². The molecule has 0 aromatic carbocycles. The number of anilines is 1. The number of nitrogens with one attached hydrogen (secondary N) is 1. The van der Waals surface area contributed by atoms with Crippen LogP contribution in [0, 0.1) is 12.8 Å². The molecule has 0 fully saturated rings. The third-order valence-corrected chi connectivity index (χ3v) is 2.83. The molecule has 1 aromatic rings. The number of hydrogen-bond acceptors (Lipinski definition) is 4. The van der Waals surface area contributed by atoms with Crippen LogP contribution in [0.15, 0.2) is 6.07 Å². The monoisotopic (exact) mass is 237 g/mol. The van der Waals surface area contributed by atoms with Gasteiger partial charge in [0.25, 0.3) is 0 Å². The largest absolute Gasteiger partial charge is 0.478 e. The second-order valence-electron chi connectivity index (χ2n) is 4.17. The molecule has 17 heavy (non-hydrogen) atoms. The normalized spacial score (nSPS) is 10.6. The quantitative estimate of drug-likeness (QED) is 0.792. The Balaban J connectivity index is 2.63. The van der Waals surface area contributed by atoms with Gasteiger partial charge in [0.1, 0.15) is 0 Å². The summed E-state index contributed by atoms with van der Waals surface area (Å²) in [5.41, 5.74) is 0.926. The minimum atomic E-state index is 0.627. The van der Waals surface area contributed by atoms with E-state index in [1.165, 1.54) is 12.8 Å². The van der Waals surface area contributed by atoms with Gasteiger partial charge in [-0.3, -0.25) is 0 Å². The molecule has 0 radical (unpaired) electrons. The predicted molar refractivity (Wildman–Crippen MR) is 70.5 cm³/mol. The Morgan fingerprint density at radius 2 is 1.94 bits per heavy atom. The van der Waals surface area contributed by atoms with E-state index in [1.54, 1.807) is 0 Å². The van der Waals surface area contributed by atoms with Crippen molar-refractivity contribution in [3.63, 3.8) is 0 Å². The van der Waals surface area contributed by atoms with E-state index < -0.39 is 0 Å². The van der Waals surface area contributed by atoms with Gasteiger partial charge < -0.3 is 10.1 Å². The first-order chi connectivity index (χ1) is 8.19. The van der Waals surface area contributed by atoms with Gasteiger partial charge in [-0.2, -0.15) is 4.98 Å². The highest BCUT2D eigenvalue weighted by Crippen LogP contribution is 2.13. The van der Waals surface area contributed by atoms with E-state index in [9.17, 15) is 0 Å². The predicted octanol–water partition coefficient (Wildman–Crippen LogP) is 3.03. The Morgan fingerprint density at radius 1 is 1.24 bits per heavy atom. The van der Waals surface area contributed by atoms with Gasteiger partial charge in [-0.1, -0.05) is 26.7 Å². The van der Waals surface area contributed by atoms with Crippen molar-refractivity contribution in [3.8, 4) is 5.88 Å². The van der Waals surface area contributed by atoms with E-state index in [2.05, 4.69) is 29.1 Å². The maximum atomic E-state index is 5.40. The first-order valence-electron chi connectivity index (χ1n) is 6.41. The van der Waals surface area contributed by atoms with Crippen molar-refractivity contribution < 1.29 is 4.74 Å². The van der Waals surface area contributed by atoms with E-state index in [0.717, 1.165) is 12.2 Å². The zero-order valence-corrected chi connectivity index (χ0v) is 11.3. The fraction of sp³-hybridized carbons (Fsp3) is 0.692. The van der Waals surface area contributed by atoms with Crippen LogP contribution >= 0.6 is 0 Å². The lowest BCUT2D eigenvalue weighted by Crippen LogP contribution is -2.15. The van der Waals surface area contributed by atoms with Crippen molar-refractivity contribution in [3.05, 3.63) is 11.8 Å². The lowest BCUT2D eigenvalue weighted by molar-refractivity contribution is 0.326. The van der Waals surface area contributed by atoms with Crippen LogP contribution in [0.2, 0.25) is 0 Å². The smallest absolute Gasteiger partial charge is 0.226 e. The second-order valence-corrected chi connectivity index (χ2v) is 4.17. The number of aryl methyl sites for hydroxylation is 1. The number of nitrogens with zero attached hydrogens (tertiary/aromatic N) is 2. The summed E-state index contributed by atoms with van der Waals surface area (Å²) in [6, 6.07) is 1.85. The summed E-state index contributed by atoms with van der Waals surface area (Å²) in [7, 11) is 0. The minimum absolute atomic E-state index is 0.627. The molecule has 4 nitrogen and oxygen atoms in total. The van der Waals surface area contributed by atoms with Gasteiger partial charge in [0.05, 0.1) is 6.61 Å². The second kappa shape index (κ2) is 7.09. The van der Waals surface area contributed by atoms with Crippen molar-refractivity contribution in [2.75, 3.05) is 18.5 Å². The molecule has 0 bridgehead atoms. The summed E-state index contributed by atoms with van der Waals surface area (Å²) in [6.45, 7) is 9.86. The van der Waals surface area contributed by atoms with Gasteiger partial charge in [0.2, 0.25) is 11.8 Å². The maximum absolute atomic E-state index is 5.40. The van der Waals surface area contributed by atoms with E-state index >= 15 is 0 Å². The highest BCUT2D eigenvalue weighted by atomic mass is 16.5. The molecule has 0 aliphatic carbocycles. The van der Waals surface area contributed by atoms with Crippen LogP contribution in [-0.2, 0) is 0 Å². The fourth-order valence-electron chi connectivity index (χ4n) is 1.65. The van der Waals surface area contributed by atoms with Crippen molar-refractivity contribution >= 4 is 5.95 Å². The third-order valence-electron chi connectivity index (χ3n) is 2.83. The van der Waals surface area contributed by atoms with Crippen LogP contribution in [0.1, 0.15) is 39.3 Å². The zero-order chi connectivity index (χ0) is 12.7. The highest BCUT2D eigenvalue weighted by molar-refractivity contribution is 5.30. The maximum Gasteiger partial charge on any atom is 0.226 e. The van der Waals surface area contributed by atoms with Crippen LogP contribution < -0.4 is 10.1 Å². The summed E-state index contributed by atoms with van der Waals surface area (Å²) >= 11 is 0. The first kappa shape index (κ1) is 13.7. The molecule has 0 saturated heterocycles. The van der Waals surface area contributed by atoms with Gasteiger partial charge in [-0.05, 0) is 19.8 Å². The standard InChI is InChI=1S/C13H23N3O/c1-5-11(6-2)9-14-13-15-10(4)8-12(16-13)17-7-3/h8,11H,5-7,9H2,1-4H3,(H,14,15,16). The van der Waals surface area contributed by atoms with Gasteiger partial charge in [0.15, 0.2) is 0 Å². The molecule has 0 amide bonds. The van der Waals surface area contributed by atoms with Crippen LogP contribution in [0.5, 0.6) is 5.88 Å². The molecule has 96 valence electrons.